The molecule has 0 aromatic heterocycles. The summed E-state index contributed by atoms with van der Waals surface area (Å²) in [4.78, 5) is 0. The Morgan fingerprint density at radius 2 is 2.27 bits per heavy atom. The number of nitrogens with zero attached hydrogens (tertiary/aromatic N) is 1. The predicted molar refractivity (Wildman–Crippen MR) is 48.3 cm³/mol. The maximum Gasteiger partial charge on any atom is 0.0734 e. The van der Waals surface area contributed by atoms with Crippen molar-refractivity contribution in [2.45, 2.75) is 6.92 Å². The van der Waals surface area contributed by atoms with Crippen LogP contribution in [0.15, 0.2) is 27.8 Å². The monoisotopic (exact) mass is 213 g/mol. The predicted octanol–water partition coefficient (Wildman–Crippen LogP) is 2.57. The Morgan fingerprint density at radius 3 is 2.82 bits per heavy atom. The van der Waals surface area contributed by atoms with Crippen LogP contribution in [-0.4, -0.2) is 11.4 Å². The maximum absolute atomic E-state index is 8.23. The third-order valence-corrected chi connectivity index (χ3v) is 2.26. The third kappa shape index (κ3) is 2.05. The Morgan fingerprint density at radius 1 is 1.55 bits per heavy atom. The van der Waals surface area contributed by atoms with Crippen molar-refractivity contribution in [3.8, 4) is 0 Å². The van der Waals surface area contributed by atoms with E-state index in [4.69, 9.17) is 5.21 Å². The lowest BCUT2D eigenvalue weighted by molar-refractivity contribution is 0.322. The molecule has 0 spiro atoms. The average Bonchev–Trinajstić information content (AvgIpc) is 1.98. The van der Waals surface area contributed by atoms with Gasteiger partial charge in [-0.15, -0.1) is 0 Å². The van der Waals surface area contributed by atoms with Crippen molar-refractivity contribution in [3.05, 3.63) is 33.8 Å². The minimum atomic E-state index is 0.880. The van der Waals surface area contributed by atoms with Crippen LogP contribution in [0.5, 0.6) is 0 Å². The van der Waals surface area contributed by atoms with E-state index in [0.717, 1.165) is 10.0 Å². The Bertz CT molecular complexity index is 283. The molecule has 3 heteroatoms. The fraction of sp³-hybridized carbons (Fsp3) is 0.125. The number of rotatable bonds is 1. The highest BCUT2D eigenvalue weighted by Crippen LogP contribution is 2.16. The molecule has 0 unspecified atom stereocenters. The molecular weight excluding hydrogens is 206 g/mol. The summed E-state index contributed by atoms with van der Waals surface area (Å²) < 4.78 is 1.02. The fourth-order valence-corrected chi connectivity index (χ4v) is 1.15. The van der Waals surface area contributed by atoms with E-state index in [-0.39, 0.29) is 0 Å². The minimum Gasteiger partial charge on any atom is -0.411 e. The second-order valence-corrected chi connectivity index (χ2v) is 3.11. The zero-order valence-electron chi connectivity index (χ0n) is 6.08. The number of aryl methyl sites for hydroxylation is 1. The molecule has 1 aromatic carbocycles. The van der Waals surface area contributed by atoms with Crippen molar-refractivity contribution in [1.82, 2.24) is 0 Å². The van der Waals surface area contributed by atoms with Crippen LogP contribution in [0.3, 0.4) is 0 Å². The van der Waals surface area contributed by atoms with Gasteiger partial charge in [0.1, 0.15) is 0 Å². The van der Waals surface area contributed by atoms with E-state index in [2.05, 4.69) is 21.1 Å². The van der Waals surface area contributed by atoms with Gasteiger partial charge in [0.25, 0.3) is 0 Å². The summed E-state index contributed by atoms with van der Waals surface area (Å²) in [6.45, 7) is 2.00. The normalized spacial score (nSPS) is 10.7. The summed E-state index contributed by atoms with van der Waals surface area (Å²) in [6.07, 6.45) is 1.39. The summed E-state index contributed by atoms with van der Waals surface area (Å²) in [5.74, 6) is 0. The number of oxime groups is 1. The van der Waals surface area contributed by atoms with Crippen LogP contribution in [0.4, 0.5) is 0 Å². The van der Waals surface area contributed by atoms with Gasteiger partial charge in [-0.05, 0) is 24.1 Å². The van der Waals surface area contributed by atoms with Gasteiger partial charge >= 0.3 is 0 Å². The highest BCUT2D eigenvalue weighted by atomic mass is 79.9. The first-order valence-electron chi connectivity index (χ1n) is 3.17. The molecule has 0 aliphatic heterocycles. The average molecular weight is 214 g/mol. The lowest BCUT2D eigenvalue weighted by Crippen LogP contribution is -1.82. The topological polar surface area (TPSA) is 32.6 Å². The van der Waals surface area contributed by atoms with Crippen molar-refractivity contribution in [1.29, 1.82) is 0 Å². The SMILES string of the molecule is Cc1ccc(C=NO)cc1Br. The molecule has 1 rings (SSSR count). The second-order valence-electron chi connectivity index (χ2n) is 2.25. The molecule has 0 aliphatic rings. The molecule has 0 aliphatic carbocycles. The molecule has 2 nitrogen and oxygen atoms in total. The zero-order valence-corrected chi connectivity index (χ0v) is 7.67. The van der Waals surface area contributed by atoms with Crippen molar-refractivity contribution in [3.63, 3.8) is 0 Å². The minimum absolute atomic E-state index is 0.880. The summed E-state index contributed by atoms with van der Waals surface area (Å²) >= 11 is 3.37. The molecule has 0 atom stereocenters. The van der Waals surface area contributed by atoms with Gasteiger partial charge in [-0.3, -0.25) is 0 Å². The van der Waals surface area contributed by atoms with Crippen LogP contribution < -0.4 is 0 Å². The van der Waals surface area contributed by atoms with Crippen LogP contribution in [0, 0.1) is 6.92 Å². The maximum atomic E-state index is 8.23. The summed E-state index contributed by atoms with van der Waals surface area (Å²) in [6, 6.07) is 5.75. The molecule has 0 radical (unpaired) electrons. The molecule has 0 saturated heterocycles. The van der Waals surface area contributed by atoms with Crippen LogP contribution >= 0.6 is 15.9 Å². The van der Waals surface area contributed by atoms with Crippen molar-refractivity contribution >= 4 is 22.1 Å². The van der Waals surface area contributed by atoms with Crippen LogP contribution in [0.25, 0.3) is 0 Å². The van der Waals surface area contributed by atoms with E-state index >= 15 is 0 Å². The molecule has 11 heavy (non-hydrogen) atoms. The van der Waals surface area contributed by atoms with Gasteiger partial charge < -0.3 is 5.21 Å². The van der Waals surface area contributed by atoms with Gasteiger partial charge in [0.2, 0.25) is 0 Å². The molecular formula is C8H8BrNO. The lowest BCUT2D eigenvalue weighted by atomic mass is 10.2. The summed E-state index contributed by atoms with van der Waals surface area (Å²) in [7, 11) is 0. The van der Waals surface area contributed by atoms with E-state index in [1.807, 2.05) is 25.1 Å². The largest absolute Gasteiger partial charge is 0.411 e. The van der Waals surface area contributed by atoms with E-state index in [9.17, 15) is 0 Å². The van der Waals surface area contributed by atoms with Gasteiger partial charge in [0, 0.05) is 4.47 Å². The zero-order chi connectivity index (χ0) is 8.27. The number of hydrogen-bond donors (Lipinski definition) is 1. The summed E-state index contributed by atoms with van der Waals surface area (Å²) in [5, 5.41) is 11.2. The quantitative estimate of drug-likeness (QED) is 0.435. The van der Waals surface area contributed by atoms with Gasteiger partial charge in [0.05, 0.1) is 6.21 Å². The van der Waals surface area contributed by atoms with E-state index in [0.29, 0.717) is 0 Å². The van der Waals surface area contributed by atoms with E-state index < -0.39 is 0 Å². The first-order chi connectivity index (χ1) is 5.24. The molecule has 0 heterocycles. The van der Waals surface area contributed by atoms with Crippen LogP contribution in [-0.2, 0) is 0 Å². The van der Waals surface area contributed by atoms with Gasteiger partial charge in [-0.2, -0.15) is 0 Å². The Balaban J connectivity index is 3.05. The van der Waals surface area contributed by atoms with Crippen molar-refractivity contribution < 1.29 is 5.21 Å². The van der Waals surface area contributed by atoms with E-state index in [1.165, 1.54) is 11.8 Å². The standard InChI is InChI=1S/C8H8BrNO/c1-6-2-3-7(5-10-11)4-8(6)9/h2-5,11H,1H3. The number of benzene rings is 1. The van der Waals surface area contributed by atoms with Crippen LogP contribution in [0.2, 0.25) is 0 Å². The van der Waals surface area contributed by atoms with Gasteiger partial charge in [-0.1, -0.05) is 33.2 Å². The van der Waals surface area contributed by atoms with Crippen molar-refractivity contribution in [2.24, 2.45) is 5.16 Å². The van der Waals surface area contributed by atoms with Crippen LogP contribution in [0.1, 0.15) is 11.1 Å². The molecule has 58 valence electrons. The second kappa shape index (κ2) is 3.53. The Kier molecular flexibility index (Phi) is 2.65. The number of halogens is 1. The Hall–Kier alpha value is -0.830. The van der Waals surface area contributed by atoms with Gasteiger partial charge in [0.15, 0.2) is 0 Å². The lowest BCUT2D eigenvalue weighted by Gasteiger charge is -1.97. The molecule has 0 bridgehead atoms. The van der Waals surface area contributed by atoms with Gasteiger partial charge in [-0.25, -0.2) is 0 Å². The highest BCUT2D eigenvalue weighted by molar-refractivity contribution is 9.10. The Labute approximate surface area is 73.7 Å². The number of hydrogen-bond acceptors (Lipinski definition) is 2. The molecule has 1 aromatic rings. The molecule has 0 fully saturated rings. The molecule has 0 saturated carbocycles. The first-order valence-corrected chi connectivity index (χ1v) is 3.97. The third-order valence-electron chi connectivity index (χ3n) is 1.40. The van der Waals surface area contributed by atoms with E-state index in [1.54, 1.807) is 0 Å². The van der Waals surface area contributed by atoms with Crippen molar-refractivity contribution in [2.75, 3.05) is 0 Å². The fourth-order valence-electron chi connectivity index (χ4n) is 0.756. The smallest absolute Gasteiger partial charge is 0.0734 e. The summed E-state index contributed by atoms with van der Waals surface area (Å²) in [5.41, 5.74) is 2.05. The molecule has 0 amide bonds. The molecule has 1 N–H and O–H groups in total. The highest BCUT2D eigenvalue weighted by Gasteiger charge is 1.93. The first kappa shape index (κ1) is 8.27.